The van der Waals surface area contributed by atoms with E-state index >= 15 is 0 Å². The maximum Gasteiger partial charge on any atom is 0.374 e. The molecule has 24 heavy (non-hydrogen) atoms. The summed E-state index contributed by atoms with van der Waals surface area (Å²) in [5.74, 6) is -4.74. The normalized spacial score (nSPS) is 10.4. The van der Waals surface area contributed by atoms with E-state index in [-0.39, 0.29) is 22.6 Å². The number of nitrogens with one attached hydrogen (secondary N) is 1. The van der Waals surface area contributed by atoms with Gasteiger partial charge in [0, 0.05) is 6.54 Å². The Morgan fingerprint density at radius 2 is 1.83 bits per heavy atom. The fraction of sp³-hybridized carbons (Fsp3) is 0.250. The number of methoxy groups -OCH3 is 2. The summed E-state index contributed by atoms with van der Waals surface area (Å²) in [7, 11) is 2.22. The molecule has 1 aromatic carbocycles. The monoisotopic (exact) mass is 339 g/mol. The van der Waals surface area contributed by atoms with E-state index in [1.165, 1.54) is 12.1 Å². The number of hydrogen-bond acceptors (Lipinski definition) is 6. The minimum Gasteiger partial charge on any atom is -0.465 e. The zero-order valence-corrected chi connectivity index (χ0v) is 13.2. The summed E-state index contributed by atoms with van der Waals surface area (Å²) in [5, 5.41) is 2.81. The van der Waals surface area contributed by atoms with Gasteiger partial charge in [-0.2, -0.15) is 0 Å². The molecule has 1 N–H and O–H groups in total. The average Bonchev–Trinajstić information content (AvgIpc) is 2.95. The first-order chi connectivity index (χ1) is 11.5. The summed E-state index contributed by atoms with van der Waals surface area (Å²) in [6, 6.07) is 3.49. The first kappa shape index (κ1) is 17.5. The molecule has 0 radical (unpaired) electrons. The van der Waals surface area contributed by atoms with E-state index in [0.29, 0.717) is 6.54 Å². The SMILES string of the molecule is CCNc1c(-c2cccc(F)c2F)oc(C(=O)OC)c1C(=O)OC. The summed E-state index contributed by atoms with van der Waals surface area (Å²) in [4.78, 5) is 23.9. The maximum atomic E-state index is 14.1. The standard InChI is InChI=1S/C16H15F2NO5/c1-4-19-12-10(15(20)22-2)14(16(21)23-3)24-13(12)8-6-5-7-9(17)11(8)18/h5-7,19H,4H2,1-3H3. The van der Waals surface area contributed by atoms with Gasteiger partial charge >= 0.3 is 11.9 Å². The van der Waals surface area contributed by atoms with Gasteiger partial charge in [-0.25, -0.2) is 18.4 Å². The molecule has 2 aromatic rings. The van der Waals surface area contributed by atoms with Crippen molar-refractivity contribution in [3.8, 4) is 11.3 Å². The second-order valence-electron chi connectivity index (χ2n) is 4.63. The summed E-state index contributed by atoms with van der Waals surface area (Å²) >= 11 is 0. The molecule has 0 aliphatic rings. The molecule has 0 aliphatic heterocycles. The molecule has 0 saturated carbocycles. The topological polar surface area (TPSA) is 77.8 Å². The van der Waals surface area contributed by atoms with Gasteiger partial charge in [-0.15, -0.1) is 0 Å². The first-order valence-electron chi connectivity index (χ1n) is 6.97. The molecule has 0 amide bonds. The summed E-state index contributed by atoms with van der Waals surface area (Å²) in [6.07, 6.45) is 0. The number of rotatable bonds is 5. The molecule has 8 heteroatoms. The predicted molar refractivity (Wildman–Crippen MR) is 80.9 cm³/mol. The van der Waals surface area contributed by atoms with Gasteiger partial charge in [0.25, 0.3) is 0 Å². The van der Waals surface area contributed by atoms with E-state index in [1.54, 1.807) is 6.92 Å². The van der Waals surface area contributed by atoms with Crippen molar-refractivity contribution in [3.63, 3.8) is 0 Å². The summed E-state index contributed by atoms with van der Waals surface area (Å²) in [6.45, 7) is 2.05. The molecular weight excluding hydrogens is 324 g/mol. The predicted octanol–water partition coefficient (Wildman–Crippen LogP) is 3.23. The quantitative estimate of drug-likeness (QED) is 0.843. The van der Waals surface area contributed by atoms with Crippen molar-refractivity contribution in [3.05, 3.63) is 41.2 Å². The average molecular weight is 339 g/mol. The van der Waals surface area contributed by atoms with Crippen molar-refractivity contribution >= 4 is 17.6 Å². The maximum absolute atomic E-state index is 14.1. The van der Waals surface area contributed by atoms with Gasteiger partial charge in [0.15, 0.2) is 17.4 Å². The number of carbonyl (C=O) groups is 2. The third kappa shape index (κ3) is 2.94. The molecule has 1 heterocycles. The van der Waals surface area contributed by atoms with Gasteiger partial charge in [-0.05, 0) is 19.1 Å². The molecule has 128 valence electrons. The molecule has 0 fully saturated rings. The lowest BCUT2D eigenvalue weighted by atomic mass is 10.1. The highest BCUT2D eigenvalue weighted by molar-refractivity contribution is 6.08. The molecule has 6 nitrogen and oxygen atoms in total. The molecule has 0 spiro atoms. The van der Waals surface area contributed by atoms with Crippen LogP contribution in [0.1, 0.15) is 27.8 Å². The minimum atomic E-state index is -1.17. The van der Waals surface area contributed by atoms with Crippen LogP contribution in [0.15, 0.2) is 22.6 Å². The van der Waals surface area contributed by atoms with Crippen LogP contribution in [-0.4, -0.2) is 32.7 Å². The zero-order chi connectivity index (χ0) is 17.9. The van der Waals surface area contributed by atoms with Crippen molar-refractivity contribution < 1.29 is 32.3 Å². The highest BCUT2D eigenvalue weighted by Crippen LogP contribution is 2.38. The first-order valence-corrected chi connectivity index (χ1v) is 6.97. The van der Waals surface area contributed by atoms with Crippen molar-refractivity contribution in [2.24, 2.45) is 0 Å². The lowest BCUT2D eigenvalue weighted by Gasteiger charge is -2.07. The number of ether oxygens (including phenoxy) is 2. The highest BCUT2D eigenvalue weighted by Gasteiger charge is 2.32. The third-order valence-electron chi connectivity index (χ3n) is 3.22. The van der Waals surface area contributed by atoms with Gasteiger partial charge in [0.05, 0.1) is 25.5 Å². The molecular formula is C16H15F2NO5. The lowest BCUT2D eigenvalue weighted by molar-refractivity contribution is 0.0529. The minimum absolute atomic E-state index is 0.0225. The van der Waals surface area contributed by atoms with Crippen LogP contribution in [0.3, 0.4) is 0 Å². The Hall–Kier alpha value is -2.90. The number of halogens is 2. The molecule has 0 saturated heterocycles. The second kappa shape index (κ2) is 7.12. The highest BCUT2D eigenvalue weighted by atomic mass is 19.2. The second-order valence-corrected chi connectivity index (χ2v) is 4.63. The summed E-state index contributed by atoms with van der Waals surface area (Å²) < 4.78 is 42.2. The van der Waals surface area contributed by atoms with E-state index in [1.807, 2.05) is 0 Å². The van der Waals surface area contributed by atoms with E-state index in [9.17, 15) is 18.4 Å². The van der Waals surface area contributed by atoms with Gasteiger partial charge in [-0.3, -0.25) is 0 Å². The van der Waals surface area contributed by atoms with Crippen molar-refractivity contribution in [2.45, 2.75) is 6.92 Å². The van der Waals surface area contributed by atoms with Crippen LogP contribution in [0.25, 0.3) is 11.3 Å². The van der Waals surface area contributed by atoms with Crippen LogP contribution >= 0.6 is 0 Å². The number of benzene rings is 1. The Kier molecular flexibility index (Phi) is 5.18. The number of carbonyl (C=O) groups excluding carboxylic acids is 2. The van der Waals surface area contributed by atoms with E-state index in [0.717, 1.165) is 20.3 Å². The van der Waals surface area contributed by atoms with Gasteiger partial charge < -0.3 is 19.2 Å². The molecule has 0 atom stereocenters. The molecule has 1 aromatic heterocycles. The van der Waals surface area contributed by atoms with Gasteiger partial charge in [0.1, 0.15) is 5.56 Å². The van der Waals surface area contributed by atoms with Crippen molar-refractivity contribution in [2.75, 3.05) is 26.1 Å². The van der Waals surface area contributed by atoms with Crippen LogP contribution in [0.4, 0.5) is 14.5 Å². The Morgan fingerprint density at radius 3 is 2.42 bits per heavy atom. The number of hydrogen-bond donors (Lipinski definition) is 1. The number of furan rings is 1. The Balaban J connectivity index is 2.80. The van der Waals surface area contributed by atoms with Crippen molar-refractivity contribution in [1.82, 2.24) is 0 Å². The van der Waals surface area contributed by atoms with Crippen LogP contribution in [0.5, 0.6) is 0 Å². The molecule has 0 bridgehead atoms. The Morgan fingerprint density at radius 1 is 1.17 bits per heavy atom. The van der Waals surface area contributed by atoms with Crippen LogP contribution in [0.2, 0.25) is 0 Å². The van der Waals surface area contributed by atoms with Crippen molar-refractivity contribution in [1.29, 1.82) is 0 Å². The largest absolute Gasteiger partial charge is 0.465 e. The van der Waals surface area contributed by atoms with E-state index < -0.39 is 29.3 Å². The van der Waals surface area contributed by atoms with Gasteiger partial charge in [0.2, 0.25) is 5.76 Å². The van der Waals surface area contributed by atoms with Gasteiger partial charge in [-0.1, -0.05) is 6.07 Å². The summed E-state index contributed by atoms with van der Waals surface area (Å²) in [5.41, 5.74) is -0.467. The van der Waals surface area contributed by atoms with Crippen LogP contribution < -0.4 is 5.32 Å². The Bertz CT molecular complexity index is 785. The Labute approximate surface area is 136 Å². The number of esters is 2. The van der Waals surface area contributed by atoms with Crippen LogP contribution in [-0.2, 0) is 9.47 Å². The lowest BCUT2D eigenvalue weighted by Crippen LogP contribution is -2.12. The fourth-order valence-electron chi connectivity index (χ4n) is 2.18. The third-order valence-corrected chi connectivity index (χ3v) is 3.22. The van der Waals surface area contributed by atoms with E-state index in [2.05, 4.69) is 14.8 Å². The fourth-order valence-corrected chi connectivity index (χ4v) is 2.18. The zero-order valence-electron chi connectivity index (χ0n) is 13.2. The smallest absolute Gasteiger partial charge is 0.374 e. The van der Waals surface area contributed by atoms with Crippen LogP contribution in [0, 0.1) is 11.6 Å². The van der Waals surface area contributed by atoms with E-state index in [4.69, 9.17) is 4.42 Å². The molecule has 0 unspecified atom stereocenters. The number of anilines is 1. The molecule has 2 rings (SSSR count). The molecule has 0 aliphatic carbocycles.